The van der Waals surface area contributed by atoms with Gasteiger partial charge in [-0.3, -0.25) is 4.98 Å². The Hall–Kier alpha value is -2.61. The van der Waals surface area contributed by atoms with E-state index in [1.165, 1.54) is 18.0 Å². The zero-order valence-corrected chi connectivity index (χ0v) is 13.9. The Morgan fingerprint density at radius 3 is 2.52 bits per heavy atom. The molecule has 25 heavy (non-hydrogen) atoms. The number of anilines is 2. The average Bonchev–Trinajstić information content (AvgIpc) is 2.61. The van der Waals surface area contributed by atoms with Gasteiger partial charge in [-0.1, -0.05) is 12.1 Å². The van der Waals surface area contributed by atoms with Gasteiger partial charge in [-0.2, -0.15) is 13.2 Å². The SMILES string of the molecule is CSc1cccc(Nc2cc(C(F)(F)F)nc(-c3ccccn3)n2)c1. The van der Waals surface area contributed by atoms with Crippen molar-refractivity contribution in [2.24, 2.45) is 0 Å². The summed E-state index contributed by atoms with van der Waals surface area (Å²) in [6, 6.07) is 13.1. The summed E-state index contributed by atoms with van der Waals surface area (Å²) in [7, 11) is 0. The van der Waals surface area contributed by atoms with E-state index in [0.717, 1.165) is 11.0 Å². The number of hydrogen-bond donors (Lipinski definition) is 1. The van der Waals surface area contributed by atoms with E-state index in [9.17, 15) is 13.2 Å². The number of benzene rings is 1. The first-order chi connectivity index (χ1) is 12.0. The molecule has 3 aromatic rings. The number of rotatable bonds is 4. The Labute approximate surface area is 146 Å². The van der Waals surface area contributed by atoms with Crippen LogP contribution >= 0.6 is 11.8 Å². The van der Waals surface area contributed by atoms with Gasteiger partial charge in [0.2, 0.25) is 0 Å². The molecule has 0 saturated heterocycles. The maximum Gasteiger partial charge on any atom is 0.433 e. The van der Waals surface area contributed by atoms with Gasteiger partial charge in [0.25, 0.3) is 0 Å². The summed E-state index contributed by atoms with van der Waals surface area (Å²) < 4.78 is 39.5. The van der Waals surface area contributed by atoms with Crippen LogP contribution in [0.25, 0.3) is 11.5 Å². The minimum atomic E-state index is -4.58. The number of alkyl halides is 3. The fourth-order valence-corrected chi connectivity index (χ4v) is 2.57. The molecule has 0 amide bonds. The van der Waals surface area contributed by atoms with Gasteiger partial charge < -0.3 is 5.32 Å². The van der Waals surface area contributed by atoms with Crippen LogP contribution in [0.5, 0.6) is 0 Å². The van der Waals surface area contributed by atoms with E-state index >= 15 is 0 Å². The van der Waals surface area contributed by atoms with Crippen molar-refractivity contribution in [2.75, 3.05) is 11.6 Å². The molecule has 0 fully saturated rings. The van der Waals surface area contributed by atoms with Gasteiger partial charge >= 0.3 is 6.18 Å². The largest absolute Gasteiger partial charge is 0.433 e. The van der Waals surface area contributed by atoms with Crippen LogP contribution in [0, 0.1) is 0 Å². The lowest BCUT2D eigenvalue weighted by Gasteiger charge is -2.12. The molecule has 0 saturated carbocycles. The molecular weight excluding hydrogens is 349 g/mol. The maximum atomic E-state index is 13.2. The Balaban J connectivity index is 2.03. The summed E-state index contributed by atoms with van der Waals surface area (Å²) >= 11 is 1.54. The maximum absolute atomic E-state index is 13.2. The van der Waals surface area contributed by atoms with Crippen molar-refractivity contribution in [1.82, 2.24) is 15.0 Å². The average molecular weight is 362 g/mol. The van der Waals surface area contributed by atoms with Crippen LogP contribution in [0.1, 0.15) is 5.69 Å². The normalized spacial score (nSPS) is 11.4. The first-order valence-corrected chi connectivity index (χ1v) is 8.47. The standard InChI is InChI=1S/C17H13F3N4S/c1-25-12-6-4-5-11(9-12)22-15-10-14(17(18,19)20)23-16(24-15)13-7-2-3-8-21-13/h2-10H,1H3,(H,22,23,24). The Morgan fingerprint density at radius 1 is 1.00 bits per heavy atom. The highest BCUT2D eigenvalue weighted by atomic mass is 32.2. The number of aromatic nitrogens is 3. The number of hydrogen-bond acceptors (Lipinski definition) is 5. The molecule has 0 spiro atoms. The highest BCUT2D eigenvalue weighted by molar-refractivity contribution is 7.98. The number of thioether (sulfide) groups is 1. The molecule has 0 aliphatic rings. The molecule has 0 bridgehead atoms. The molecule has 4 nitrogen and oxygen atoms in total. The number of nitrogens with one attached hydrogen (secondary N) is 1. The summed E-state index contributed by atoms with van der Waals surface area (Å²) in [5.74, 6) is -0.0276. The molecule has 0 unspecified atom stereocenters. The quantitative estimate of drug-likeness (QED) is 0.660. The van der Waals surface area contributed by atoms with Gasteiger partial charge in [0.15, 0.2) is 11.5 Å². The van der Waals surface area contributed by atoms with Crippen molar-refractivity contribution in [2.45, 2.75) is 11.1 Å². The fraction of sp³-hybridized carbons (Fsp3) is 0.118. The van der Waals surface area contributed by atoms with Crippen molar-refractivity contribution >= 4 is 23.3 Å². The third-order valence-corrected chi connectivity index (χ3v) is 3.98. The van der Waals surface area contributed by atoms with Crippen molar-refractivity contribution < 1.29 is 13.2 Å². The molecule has 2 heterocycles. The lowest BCUT2D eigenvalue weighted by atomic mass is 10.3. The van der Waals surface area contributed by atoms with Crippen LogP contribution in [-0.2, 0) is 6.18 Å². The van der Waals surface area contributed by atoms with Crippen LogP contribution in [0.4, 0.5) is 24.7 Å². The third-order valence-electron chi connectivity index (χ3n) is 3.25. The van der Waals surface area contributed by atoms with Crippen molar-refractivity contribution in [3.8, 4) is 11.5 Å². The lowest BCUT2D eigenvalue weighted by Crippen LogP contribution is -2.11. The lowest BCUT2D eigenvalue weighted by molar-refractivity contribution is -0.141. The van der Waals surface area contributed by atoms with Crippen molar-refractivity contribution in [3.63, 3.8) is 0 Å². The van der Waals surface area contributed by atoms with Crippen LogP contribution < -0.4 is 5.32 Å². The smallest absolute Gasteiger partial charge is 0.340 e. The second-order valence-corrected chi connectivity index (χ2v) is 5.91. The van der Waals surface area contributed by atoms with Gasteiger partial charge in [0, 0.05) is 22.8 Å². The topological polar surface area (TPSA) is 50.7 Å². The zero-order valence-electron chi connectivity index (χ0n) is 13.1. The minimum Gasteiger partial charge on any atom is -0.340 e. The third kappa shape index (κ3) is 4.27. The molecule has 1 N–H and O–H groups in total. The minimum absolute atomic E-state index is 0.0567. The fourth-order valence-electron chi connectivity index (χ4n) is 2.11. The predicted octanol–water partition coefficient (Wildman–Crippen LogP) is 5.02. The summed E-state index contributed by atoms with van der Waals surface area (Å²) in [5, 5.41) is 2.91. The van der Waals surface area contributed by atoms with E-state index in [2.05, 4.69) is 20.3 Å². The van der Waals surface area contributed by atoms with Gasteiger partial charge in [-0.25, -0.2) is 9.97 Å². The Bertz CT molecular complexity index is 869. The van der Waals surface area contributed by atoms with E-state index in [1.807, 2.05) is 24.5 Å². The van der Waals surface area contributed by atoms with Gasteiger partial charge in [-0.15, -0.1) is 11.8 Å². The van der Waals surface area contributed by atoms with Crippen LogP contribution in [0.2, 0.25) is 0 Å². The Kier molecular flexibility index (Phi) is 4.89. The molecular formula is C17H13F3N4S. The monoisotopic (exact) mass is 362 g/mol. The molecule has 3 rings (SSSR count). The Morgan fingerprint density at radius 2 is 1.84 bits per heavy atom. The zero-order chi connectivity index (χ0) is 17.9. The summed E-state index contributed by atoms with van der Waals surface area (Å²) in [6.07, 6.45) is -1.18. The van der Waals surface area contributed by atoms with Gasteiger partial charge in [0.05, 0.1) is 0 Å². The van der Waals surface area contributed by atoms with Gasteiger partial charge in [0.1, 0.15) is 11.5 Å². The van der Waals surface area contributed by atoms with Crippen molar-refractivity contribution in [3.05, 3.63) is 60.4 Å². The molecule has 0 aliphatic carbocycles. The predicted molar refractivity (Wildman–Crippen MR) is 91.8 cm³/mol. The summed E-state index contributed by atoms with van der Waals surface area (Å²) in [5.41, 5.74) is -0.105. The molecule has 0 atom stereocenters. The second-order valence-electron chi connectivity index (χ2n) is 5.03. The molecule has 1 aromatic carbocycles. The van der Waals surface area contributed by atoms with E-state index in [0.29, 0.717) is 5.69 Å². The highest BCUT2D eigenvalue weighted by Gasteiger charge is 2.34. The van der Waals surface area contributed by atoms with E-state index < -0.39 is 11.9 Å². The first-order valence-electron chi connectivity index (χ1n) is 7.24. The summed E-state index contributed by atoms with van der Waals surface area (Å²) in [4.78, 5) is 12.8. The van der Waals surface area contributed by atoms with Crippen LogP contribution in [0.3, 0.4) is 0 Å². The van der Waals surface area contributed by atoms with Crippen molar-refractivity contribution in [1.29, 1.82) is 0 Å². The van der Waals surface area contributed by atoms with E-state index in [1.54, 1.807) is 24.3 Å². The number of pyridine rings is 1. The summed E-state index contributed by atoms with van der Waals surface area (Å²) in [6.45, 7) is 0. The number of halogens is 3. The van der Waals surface area contributed by atoms with E-state index in [4.69, 9.17) is 0 Å². The van der Waals surface area contributed by atoms with Crippen LogP contribution in [-0.4, -0.2) is 21.2 Å². The van der Waals surface area contributed by atoms with E-state index in [-0.39, 0.29) is 17.3 Å². The second kappa shape index (κ2) is 7.10. The molecule has 2 aromatic heterocycles. The molecule has 8 heteroatoms. The molecule has 0 aliphatic heterocycles. The van der Waals surface area contributed by atoms with Gasteiger partial charge in [-0.05, 0) is 36.6 Å². The molecule has 0 radical (unpaired) electrons. The number of nitrogens with zero attached hydrogens (tertiary/aromatic N) is 3. The first kappa shape index (κ1) is 17.2. The van der Waals surface area contributed by atoms with Crippen LogP contribution in [0.15, 0.2) is 59.6 Å². The molecule has 128 valence electrons. The highest BCUT2D eigenvalue weighted by Crippen LogP contribution is 2.31.